The highest BCUT2D eigenvalue weighted by molar-refractivity contribution is 6.04. The molecule has 5 rings (SSSR count). The molecule has 0 saturated carbocycles. The number of carbonyl (C=O) groups excluding carboxylic acids is 1. The minimum absolute atomic E-state index is 0.176. The first-order valence-electron chi connectivity index (χ1n) is 9.05. The molecule has 0 radical (unpaired) electrons. The Morgan fingerprint density at radius 1 is 1.04 bits per heavy atom. The number of aromatic nitrogens is 3. The van der Waals surface area contributed by atoms with Gasteiger partial charge in [0, 0.05) is 29.9 Å². The van der Waals surface area contributed by atoms with Crippen LogP contribution in [-0.4, -0.2) is 27.4 Å². The SMILES string of the molecule is O=C(Nc1cc2cc(-c3cnco3)ncc2cn1)c1ccc2c(c1)CNCC2. The minimum atomic E-state index is -0.176. The van der Waals surface area contributed by atoms with Crippen LogP contribution in [0.2, 0.25) is 0 Å². The number of carbonyl (C=O) groups is 1. The van der Waals surface area contributed by atoms with Crippen LogP contribution in [0.3, 0.4) is 0 Å². The largest absolute Gasteiger partial charge is 0.442 e. The Labute approximate surface area is 160 Å². The molecule has 4 heterocycles. The molecule has 0 saturated heterocycles. The molecule has 138 valence electrons. The highest BCUT2D eigenvalue weighted by Crippen LogP contribution is 2.23. The van der Waals surface area contributed by atoms with Crippen LogP contribution in [0.5, 0.6) is 0 Å². The minimum Gasteiger partial charge on any atom is -0.442 e. The predicted octanol–water partition coefficient (Wildman–Crippen LogP) is 3.18. The first-order chi connectivity index (χ1) is 13.8. The Bertz CT molecular complexity index is 1170. The number of nitrogens with one attached hydrogen (secondary N) is 2. The molecule has 4 aromatic rings. The third-order valence-electron chi connectivity index (χ3n) is 4.88. The summed E-state index contributed by atoms with van der Waals surface area (Å²) in [4.78, 5) is 25.3. The van der Waals surface area contributed by atoms with E-state index < -0.39 is 0 Å². The molecule has 2 N–H and O–H groups in total. The molecule has 0 bridgehead atoms. The van der Waals surface area contributed by atoms with Crippen LogP contribution in [0.1, 0.15) is 21.5 Å². The monoisotopic (exact) mass is 371 g/mol. The number of rotatable bonds is 3. The van der Waals surface area contributed by atoms with Gasteiger partial charge in [-0.15, -0.1) is 0 Å². The average Bonchev–Trinajstić information content (AvgIpc) is 3.28. The van der Waals surface area contributed by atoms with Crippen LogP contribution in [0, 0.1) is 0 Å². The zero-order valence-electron chi connectivity index (χ0n) is 15.0. The summed E-state index contributed by atoms with van der Waals surface area (Å²) in [5.41, 5.74) is 3.77. The first-order valence-corrected chi connectivity index (χ1v) is 9.05. The first kappa shape index (κ1) is 16.6. The van der Waals surface area contributed by atoms with Gasteiger partial charge in [0.25, 0.3) is 5.91 Å². The molecule has 0 unspecified atom stereocenters. The third kappa shape index (κ3) is 3.12. The number of fused-ring (bicyclic) bond motifs is 2. The second kappa shape index (κ2) is 6.86. The highest BCUT2D eigenvalue weighted by atomic mass is 16.3. The fourth-order valence-corrected chi connectivity index (χ4v) is 3.39. The third-order valence-corrected chi connectivity index (χ3v) is 4.88. The molecule has 28 heavy (non-hydrogen) atoms. The summed E-state index contributed by atoms with van der Waals surface area (Å²) in [5, 5.41) is 8.00. The van der Waals surface area contributed by atoms with E-state index in [1.54, 1.807) is 18.6 Å². The van der Waals surface area contributed by atoms with Gasteiger partial charge in [0.1, 0.15) is 11.5 Å². The van der Waals surface area contributed by atoms with E-state index in [0.717, 1.165) is 30.3 Å². The molecule has 0 aliphatic carbocycles. The number of pyridine rings is 2. The number of nitrogens with zero attached hydrogens (tertiary/aromatic N) is 3. The van der Waals surface area contributed by atoms with E-state index in [9.17, 15) is 4.79 Å². The lowest BCUT2D eigenvalue weighted by molar-refractivity contribution is 0.102. The van der Waals surface area contributed by atoms with Gasteiger partial charge < -0.3 is 15.1 Å². The average molecular weight is 371 g/mol. The molecule has 0 fully saturated rings. The Morgan fingerprint density at radius 2 is 1.96 bits per heavy atom. The lowest BCUT2D eigenvalue weighted by Crippen LogP contribution is -2.24. The lowest BCUT2D eigenvalue weighted by Gasteiger charge is -2.17. The summed E-state index contributed by atoms with van der Waals surface area (Å²) in [6, 6.07) is 9.57. The number of oxazole rings is 1. The normalized spacial score (nSPS) is 13.3. The van der Waals surface area contributed by atoms with Gasteiger partial charge in [0.05, 0.1) is 6.20 Å². The number of hydrogen-bond acceptors (Lipinski definition) is 6. The van der Waals surface area contributed by atoms with Crippen molar-refractivity contribution < 1.29 is 9.21 Å². The molecule has 1 amide bonds. The van der Waals surface area contributed by atoms with Crippen molar-refractivity contribution in [1.29, 1.82) is 0 Å². The maximum Gasteiger partial charge on any atom is 0.256 e. The Kier molecular flexibility index (Phi) is 4.06. The topological polar surface area (TPSA) is 92.9 Å². The van der Waals surface area contributed by atoms with Crippen molar-refractivity contribution in [3.8, 4) is 11.5 Å². The maximum absolute atomic E-state index is 12.7. The predicted molar refractivity (Wildman–Crippen MR) is 105 cm³/mol. The van der Waals surface area contributed by atoms with Crippen molar-refractivity contribution >= 4 is 22.5 Å². The van der Waals surface area contributed by atoms with Gasteiger partial charge in [-0.2, -0.15) is 0 Å². The van der Waals surface area contributed by atoms with E-state index in [-0.39, 0.29) is 5.91 Å². The van der Waals surface area contributed by atoms with Crippen LogP contribution < -0.4 is 10.6 Å². The van der Waals surface area contributed by atoms with Crippen molar-refractivity contribution in [1.82, 2.24) is 20.3 Å². The van der Waals surface area contributed by atoms with Crippen molar-refractivity contribution in [2.24, 2.45) is 0 Å². The summed E-state index contributed by atoms with van der Waals surface area (Å²) in [7, 11) is 0. The molecule has 0 atom stereocenters. The van der Waals surface area contributed by atoms with Crippen LogP contribution in [0.15, 0.2) is 59.7 Å². The number of amides is 1. The van der Waals surface area contributed by atoms with E-state index in [1.807, 2.05) is 30.3 Å². The fourth-order valence-electron chi connectivity index (χ4n) is 3.39. The van der Waals surface area contributed by atoms with Crippen molar-refractivity contribution in [3.63, 3.8) is 0 Å². The smallest absolute Gasteiger partial charge is 0.256 e. The van der Waals surface area contributed by atoms with E-state index in [1.165, 1.54) is 17.5 Å². The fraction of sp³-hybridized carbons (Fsp3) is 0.143. The van der Waals surface area contributed by atoms with E-state index in [2.05, 4.69) is 25.6 Å². The van der Waals surface area contributed by atoms with Crippen LogP contribution in [-0.2, 0) is 13.0 Å². The Morgan fingerprint density at radius 3 is 2.86 bits per heavy atom. The second-order valence-corrected chi connectivity index (χ2v) is 6.72. The van der Waals surface area contributed by atoms with E-state index in [4.69, 9.17) is 4.42 Å². The number of hydrogen-bond donors (Lipinski definition) is 2. The molecule has 1 aliphatic heterocycles. The van der Waals surface area contributed by atoms with Crippen molar-refractivity contribution in [2.75, 3.05) is 11.9 Å². The van der Waals surface area contributed by atoms with Crippen LogP contribution >= 0.6 is 0 Å². The highest BCUT2D eigenvalue weighted by Gasteiger charge is 2.13. The molecular formula is C21H17N5O2. The molecule has 7 nitrogen and oxygen atoms in total. The Balaban J connectivity index is 1.42. The summed E-state index contributed by atoms with van der Waals surface area (Å²) in [6.45, 7) is 1.77. The van der Waals surface area contributed by atoms with Crippen LogP contribution in [0.25, 0.3) is 22.2 Å². The molecule has 1 aliphatic rings. The van der Waals surface area contributed by atoms with Crippen molar-refractivity contribution in [2.45, 2.75) is 13.0 Å². The molecule has 0 spiro atoms. The van der Waals surface area contributed by atoms with Gasteiger partial charge in [-0.1, -0.05) is 6.07 Å². The van der Waals surface area contributed by atoms with E-state index in [0.29, 0.717) is 22.8 Å². The van der Waals surface area contributed by atoms with Gasteiger partial charge in [-0.3, -0.25) is 9.78 Å². The number of benzene rings is 1. The van der Waals surface area contributed by atoms with Gasteiger partial charge in [-0.25, -0.2) is 9.97 Å². The van der Waals surface area contributed by atoms with Gasteiger partial charge >= 0.3 is 0 Å². The Hall–Kier alpha value is -3.58. The summed E-state index contributed by atoms with van der Waals surface area (Å²) < 4.78 is 5.30. The number of anilines is 1. The summed E-state index contributed by atoms with van der Waals surface area (Å²) in [5.74, 6) is 0.903. The van der Waals surface area contributed by atoms with Crippen LogP contribution in [0.4, 0.5) is 5.82 Å². The molecular weight excluding hydrogens is 354 g/mol. The molecule has 7 heteroatoms. The van der Waals surface area contributed by atoms with Gasteiger partial charge in [0.15, 0.2) is 12.2 Å². The quantitative estimate of drug-likeness (QED) is 0.575. The zero-order valence-corrected chi connectivity index (χ0v) is 15.0. The second-order valence-electron chi connectivity index (χ2n) is 6.72. The van der Waals surface area contributed by atoms with Crippen molar-refractivity contribution in [3.05, 3.63) is 72.0 Å². The molecule has 1 aromatic carbocycles. The van der Waals surface area contributed by atoms with Gasteiger partial charge in [0.2, 0.25) is 0 Å². The zero-order chi connectivity index (χ0) is 18.9. The van der Waals surface area contributed by atoms with E-state index >= 15 is 0 Å². The maximum atomic E-state index is 12.7. The summed E-state index contributed by atoms with van der Waals surface area (Å²) >= 11 is 0. The molecule has 3 aromatic heterocycles. The lowest BCUT2D eigenvalue weighted by atomic mass is 9.98. The summed E-state index contributed by atoms with van der Waals surface area (Å²) in [6.07, 6.45) is 7.39. The van der Waals surface area contributed by atoms with Gasteiger partial charge in [-0.05, 0) is 53.7 Å². The standard InChI is InChI=1S/C21H17N5O2/c27-21(14-2-1-13-3-4-22-8-16(13)5-14)26-20-7-15-6-18(19-11-23-12-28-19)24-9-17(15)10-25-20/h1-2,5-7,9-12,22H,3-4,8H2,(H,25,26,27).